The summed E-state index contributed by atoms with van der Waals surface area (Å²) >= 11 is 0. The van der Waals surface area contributed by atoms with Crippen LogP contribution in [0.4, 0.5) is 0 Å². The summed E-state index contributed by atoms with van der Waals surface area (Å²) in [5.41, 5.74) is 4.87. The van der Waals surface area contributed by atoms with Gasteiger partial charge in [-0.05, 0) is 58.9 Å². The van der Waals surface area contributed by atoms with Crippen LogP contribution in [0.2, 0.25) is 0 Å². The van der Waals surface area contributed by atoms with E-state index in [1.54, 1.807) is 13.2 Å². The molecule has 0 unspecified atom stereocenters. The fourth-order valence-corrected chi connectivity index (χ4v) is 6.59. The number of rotatable bonds is 28. The van der Waals surface area contributed by atoms with E-state index in [2.05, 4.69) is 6.92 Å². The van der Waals surface area contributed by atoms with Crippen molar-refractivity contribution >= 4 is 5.78 Å². The molecule has 306 valence electrons. The van der Waals surface area contributed by atoms with E-state index in [9.17, 15) is 4.79 Å². The number of methoxy groups -OCH3 is 1. The largest absolute Gasteiger partial charge is 0.497 e. The molecule has 7 nitrogen and oxygen atoms in total. The minimum atomic E-state index is -1.03. The van der Waals surface area contributed by atoms with Gasteiger partial charge in [0.25, 0.3) is 0 Å². The van der Waals surface area contributed by atoms with Crippen LogP contribution in [0.3, 0.4) is 0 Å². The minimum absolute atomic E-state index is 0.170. The highest BCUT2D eigenvalue weighted by Crippen LogP contribution is 2.25. The summed E-state index contributed by atoms with van der Waals surface area (Å²) in [5, 5.41) is 0. The van der Waals surface area contributed by atoms with E-state index in [-0.39, 0.29) is 38.8 Å². The second-order valence-corrected chi connectivity index (χ2v) is 14.4. The predicted octanol–water partition coefficient (Wildman–Crippen LogP) is 11.0. The monoisotopic (exact) mass is 784 g/mol. The Morgan fingerprint density at radius 1 is 0.517 bits per heavy atom. The molecule has 0 fully saturated rings. The van der Waals surface area contributed by atoms with E-state index in [4.69, 9.17) is 28.4 Å². The van der Waals surface area contributed by atoms with E-state index in [1.165, 1.54) is 19.3 Å². The minimum Gasteiger partial charge on any atom is -0.497 e. The Bertz CT molecular complexity index is 1830. The quantitative estimate of drug-likeness (QED) is 0.0369. The molecule has 0 aliphatic carbocycles. The third kappa shape index (κ3) is 15.8. The van der Waals surface area contributed by atoms with Crippen LogP contribution < -0.4 is 4.74 Å². The first-order valence-corrected chi connectivity index (χ1v) is 20.7. The average Bonchev–Trinajstić information content (AvgIpc) is 3.28. The summed E-state index contributed by atoms with van der Waals surface area (Å²) in [6, 6.07) is 47.7. The third-order valence-corrected chi connectivity index (χ3v) is 9.89. The maximum Gasteiger partial charge on any atom is 0.186 e. The van der Waals surface area contributed by atoms with E-state index in [0.29, 0.717) is 6.61 Å². The first-order chi connectivity index (χ1) is 28.6. The maximum atomic E-state index is 14.6. The number of hydrogen-bond donors (Lipinski definition) is 0. The van der Waals surface area contributed by atoms with Crippen LogP contribution in [0.1, 0.15) is 73.3 Å². The first kappa shape index (κ1) is 44.2. The topological polar surface area (TPSA) is 72.5 Å². The molecular weight excluding hydrogens is 725 g/mol. The molecule has 5 aromatic carbocycles. The number of benzene rings is 5. The van der Waals surface area contributed by atoms with Crippen LogP contribution >= 0.6 is 0 Å². The molecule has 5 rings (SSSR count). The van der Waals surface area contributed by atoms with E-state index < -0.39 is 24.4 Å². The highest BCUT2D eigenvalue weighted by molar-refractivity contribution is 5.94. The Kier molecular flexibility index (Phi) is 20.0. The van der Waals surface area contributed by atoms with E-state index >= 15 is 0 Å². The van der Waals surface area contributed by atoms with Crippen molar-refractivity contribution in [2.24, 2.45) is 0 Å². The number of ether oxygens (including phenoxy) is 6. The van der Waals surface area contributed by atoms with Gasteiger partial charge in [-0.3, -0.25) is 4.79 Å². The zero-order valence-electron chi connectivity index (χ0n) is 34.2. The molecule has 0 spiro atoms. The van der Waals surface area contributed by atoms with E-state index in [0.717, 1.165) is 52.8 Å². The van der Waals surface area contributed by atoms with Gasteiger partial charge in [0, 0.05) is 0 Å². The summed E-state index contributed by atoms with van der Waals surface area (Å²) in [6.45, 7) is 3.71. The van der Waals surface area contributed by atoms with Gasteiger partial charge < -0.3 is 28.4 Å². The van der Waals surface area contributed by atoms with Crippen molar-refractivity contribution < 1.29 is 33.2 Å². The van der Waals surface area contributed by atoms with Gasteiger partial charge >= 0.3 is 0 Å². The second kappa shape index (κ2) is 26.2. The third-order valence-electron chi connectivity index (χ3n) is 9.89. The molecule has 0 radical (unpaired) electrons. The van der Waals surface area contributed by atoms with Crippen molar-refractivity contribution in [1.29, 1.82) is 0 Å². The van der Waals surface area contributed by atoms with Gasteiger partial charge in [0.2, 0.25) is 0 Å². The molecule has 0 aliphatic rings. The lowest BCUT2D eigenvalue weighted by Crippen LogP contribution is -2.53. The maximum absolute atomic E-state index is 14.6. The van der Waals surface area contributed by atoms with Crippen molar-refractivity contribution in [2.45, 2.75) is 103 Å². The molecule has 0 saturated carbocycles. The molecule has 5 aromatic rings. The molecule has 0 heterocycles. The van der Waals surface area contributed by atoms with Gasteiger partial charge in [-0.25, -0.2) is 0 Å². The lowest BCUT2D eigenvalue weighted by atomic mass is 9.98. The normalized spacial score (nSPS) is 13.6. The fourth-order valence-electron chi connectivity index (χ4n) is 6.59. The molecule has 0 aliphatic heterocycles. The van der Waals surface area contributed by atoms with Crippen LogP contribution in [-0.2, 0) is 61.5 Å². The van der Waals surface area contributed by atoms with Gasteiger partial charge in [0.1, 0.15) is 30.2 Å². The zero-order valence-corrected chi connectivity index (χ0v) is 34.2. The summed E-state index contributed by atoms with van der Waals surface area (Å²) in [4.78, 5) is 14.6. The SMILES string of the molecule is CCCCCCC/C=C/C(=O)[C@H](OCc1ccccc1)[C@@H](OCc1ccccc1)[C@@H](OCc1ccccc1)[C@@H](COCc1ccccc1)OCc1ccc(OC)cc1. The van der Waals surface area contributed by atoms with E-state index in [1.807, 2.05) is 152 Å². The van der Waals surface area contributed by atoms with Crippen LogP contribution in [0.25, 0.3) is 0 Å². The number of unbranched alkanes of at least 4 members (excludes halogenated alkanes) is 5. The van der Waals surface area contributed by atoms with Crippen molar-refractivity contribution in [3.05, 3.63) is 186 Å². The Hall–Kier alpha value is -4.89. The van der Waals surface area contributed by atoms with Gasteiger partial charge in [-0.1, -0.05) is 172 Å². The molecule has 0 saturated heterocycles. The van der Waals surface area contributed by atoms with Crippen LogP contribution in [0, 0.1) is 0 Å². The summed E-state index contributed by atoms with van der Waals surface area (Å²) in [7, 11) is 1.65. The fraction of sp³-hybridized carbons (Fsp3) is 0.353. The Balaban J connectivity index is 1.52. The molecular formula is C51H60O7. The Morgan fingerprint density at radius 2 is 0.983 bits per heavy atom. The van der Waals surface area contributed by atoms with Crippen LogP contribution in [-0.4, -0.2) is 43.9 Å². The second-order valence-electron chi connectivity index (χ2n) is 14.4. The Morgan fingerprint density at radius 3 is 1.52 bits per heavy atom. The molecule has 58 heavy (non-hydrogen) atoms. The molecule has 0 N–H and O–H groups in total. The van der Waals surface area contributed by atoms with Gasteiger partial charge in [0.05, 0.1) is 46.8 Å². The molecule has 4 atom stereocenters. The smallest absolute Gasteiger partial charge is 0.186 e. The molecule has 0 aromatic heterocycles. The van der Waals surface area contributed by atoms with Gasteiger partial charge in [0.15, 0.2) is 5.78 Å². The number of carbonyl (C=O) groups excluding carboxylic acids is 1. The summed E-state index contributed by atoms with van der Waals surface area (Å²) in [5.74, 6) is 0.575. The average molecular weight is 785 g/mol. The predicted molar refractivity (Wildman–Crippen MR) is 230 cm³/mol. The number of ketones is 1. The highest BCUT2D eigenvalue weighted by Gasteiger charge is 2.41. The number of allylic oxidation sites excluding steroid dienone is 1. The lowest BCUT2D eigenvalue weighted by molar-refractivity contribution is -0.199. The van der Waals surface area contributed by atoms with Gasteiger partial charge in [-0.15, -0.1) is 0 Å². The Labute approximate surface area is 345 Å². The number of hydrogen-bond acceptors (Lipinski definition) is 7. The molecule has 0 amide bonds. The van der Waals surface area contributed by atoms with Crippen molar-refractivity contribution in [3.63, 3.8) is 0 Å². The molecule has 0 bridgehead atoms. The van der Waals surface area contributed by atoms with Gasteiger partial charge in [-0.2, -0.15) is 0 Å². The zero-order chi connectivity index (χ0) is 40.5. The summed E-state index contributed by atoms with van der Waals surface area (Å²) in [6.07, 6.45) is 6.83. The first-order valence-electron chi connectivity index (χ1n) is 20.7. The van der Waals surface area contributed by atoms with Crippen molar-refractivity contribution in [3.8, 4) is 5.75 Å². The highest BCUT2D eigenvalue weighted by atomic mass is 16.6. The molecule has 7 heteroatoms. The van der Waals surface area contributed by atoms with Crippen LogP contribution in [0.5, 0.6) is 5.75 Å². The lowest BCUT2D eigenvalue weighted by Gasteiger charge is -2.37. The standard InChI is InChI=1S/C51H60O7/c1-3-4-5-6-7-8-21-30-47(52)49(56-37-42-24-15-10-16-25-42)51(58-39-44-28-19-12-20-29-44)50(57-38-43-26-17-11-18-27-43)48(40-54-35-41-22-13-9-14-23-41)55-36-45-31-33-46(53-2)34-32-45/h9-34,48-51H,3-8,35-40H2,1-2H3/b30-21+/t48-,49+,50+,51-/m1/s1. The van der Waals surface area contributed by atoms with Crippen LogP contribution in [0.15, 0.2) is 158 Å². The van der Waals surface area contributed by atoms with Crippen molar-refractivity contribution in [2.75, 3.05) is 13.7 Å². The van der Waals surface area contributed by atoms with Crippen molar-refractivity contribution in [1.82, 2.24) is 0 Å². The summed E-state index contributed by atoms with van der Waals surface area (Å²) < 4.78 is 39.1. The number of carbonyl (C=O) groups is 1.